The van der Waals surface area contributed by atoms with Gasteiger partial charge in [0.25, 0.3) is 0 Å². The van der Waals surface area contributed by atoms with Crippen LogP contribution in [0.1, 0.15) is 39.0 Å². The molecule has 1 aliphatic carbocycles. The van der Waals surface area contributed by atoms with Crippen molar-refractivity contribution in [3.8, 4) is 0 Å². The van der Waals surface area contributed by atoms with Crippen molar-refractivity contribution in [2.75, 3.05) is 5.75 Å². The van der Waals surface area contributed by atoms with Crippen molar-refractivity contribution in [2.45, 2.75) is 45.1 Å². The number of nitrogens with two attached hydrogens (primary N) is 1. The van der Waals surface area contributed by atoms with Gasteiger partial charge in [0.05, 0.1) is 6.42 Å². The van der Waals surface area contributed by atoms with Crippen molar-refractivity contribution in [1.82, 2.24) is 0 Å². The summed E-state index contributed by atoms with van der Waals surface area (Å²) in [6.45, 7) is 2.14. The van der Waals surface area contributed by atoms with E-state index in [2.05, 4.69) is 6.92 Å². The van der Waals surface area contributed by atoms with Gasteiger partial charge in [0.2, 0.25) is 10.0 Å². The maximum atomic E-state index is 11.5. The number of hydrogen-bond acceptors (Lipinski definition) is 4. The van der Waals surface area contributed by atoms with Gasteiger partial charge in [0, 0.05) is 5.41 Å². The van der Waals surface area contributed by atoms with Gasteiger partial charge in [0.15, 0.2) is 0 Å². The van der Waals surface area contributed by atoms with Crippen LogP contribution in [-0.2, 0) is 19.6 Å². The number of hydrogen-bond donors (Lipinski definition) is 1. The summed E-state index contributed by atoms with van der Waals surface area (Å²) in [4.78, 5) is 11.5. The first-order chi connectivity index (χ1) is 7.81. The minimum Gasteiger partial charge on any atom is -0.461 e. The second-order valence-electron chi connectivity index (χ2n) is 5.55. The normalized spacial score (nSPS) is 38.4. The molecule has 0 bridgehead atoms. The van der Waals surface area contributed by atoms with Crippen molar-refractivity contribution in [3.63, 3.8) is 0 Å². The molecule has 2 aliphatic rings. The Balaban J connectivity index is 2.21. The molecule has 3 unspecified atom stereocenters. The molecule has 0 radical (unpaired) electrons. The number of sulfonamides is 1. The zero-order chi connectivity index (χ0) is 12.7. The first kappa shape index (κ1) is 12.8. The molecule has 1 aliphatic heterocycles. The minimum atomic E-state index is -3.60. The summed E-state index contributed by atoms with van der Waals surface area (Å²) >= 11 is 0. The molecule has 2 N–H and O–H groups in total. The largest absolute Gasteiger partial charge is 0.461 e. The Morgan fingerprint density at radius 3 is 2.82 bits per heavy atom. The molecule has 2 fully saturated rings. The van der Waals surface area contributed by atoms with Crippen LogP contribution >= 0.6 is 0 Å². The average molecular weight is 261 g/mol. The first-order valence-electron chi connectivity index (χ1n) is 6.01. The van der Waals surface area contributed by atoms with Gasteiger partial charge >= 0.3 is 5.97 Å². The number of ether oxygens (including phenoxy) is 1. The Morgan fingerprint density at radius 2 is 2.24 bits per heavy atom. The molecule has 5 nitrogen and oxygen atoms in total. The highest BCUT2D eigenvalue weighted by molar-refractivity contribution is 7.89. The van der Waals surface area contributed by atoms with E-state index in [9.17, 15) is 13.2 Å². The molecule has 17 heavy (non-hydrogen) atoms. The monoisotopic (exact) mass is 261 g/mol. The molecule has 1 heterocycles. The van der Waals surface area contributed by atoms with E-state index < -0.39 is 16.1 Å². The van der Waals surface area contributed by atoms with E-state index >= 15 is 0 Å². The quantitative estimate of drug-likeness (QED) is 0.744. The van der Waals surface area contributed by atoms with Crippen LogP contribution < -0.4 is 5.14 Å². The number of rotatable bonds is 2. The Kier molecular flexibility index (Phi) is 3.20. The third-order valence-corrected chi connectivity index (χ3v) is 4.73. The van der Waals surface area contributed by atoms with Crippen molar-refractivity contribution in [1.29, 1.82) is 0 Å². The lowest BCUT2D eigenvalue weighted by molar-refractivity contribution is -0.141. The van der Waals surface area contributed by atoms with E-state index in [-0.39, 0.29) is 17.1 Å². The third-order valence-electron chi connectivity index (χ3n) is 3.96. The van der Waals surface area contributed by atoms with Crippen LogP contribution in [0, 0.1) is 11.3 Å². The molecule has 3 atom stereocenters. The molecule has 2 rings (SSSR count). The number of esters is 1. The number of carbonyl (C=O) groups is 1. The molecule has 1 saturated carbocycles. The van der Waals surface area contributed by atoms with Crippen LogP contribution in [0.2, 0.25) is 0 Å². The maximum absolute atomic E-state index is 11.5. The molecular formula is C11H19NO4S. The van der Waals surface area contributed by atoms with E-state index in [0.29, 0.717) is 12.3 Å². The van der Waals surface area contributed by atoms with E-state index in [4.69, 9.17) is 9.88 Å². The predicted molar refractivity (Wildman–Crippen MR) is 62.5 cm³/mol. The highest BCUT2D eigenvalue weighted by Gasteiger charge is 2.51. The van der Waals surface area contributed by atoms with Gasteiger partial charge < -0.3 is 4.74 Å². The highest BCUT2D eigenvalue weighted by Crippen LogP contribution is 2.49. The fourth-order valence-corrected chi connectivity index (χ4v) is 4.15. The zero-order valence-corrected chi connectivity index (χ0v) is 10.8. The number of carbonyl (C=O) groups excluding carboxylic acids is 1. The SMILES string of the molecule is CC1CCCC2(CC(=O)OC2CS(N)(=O)=O)C1. The summed E-state index contributed by atoms with van der Waals surface area (Å²) in [6, 6.07) is 0. The molecule has 6 heteroatoms. The molecule has 0 aromatic heterocycles. The first-order valence-corrected chi connectivity index (χ1v) is 7.72. The zero-order valence-electron chi connectivity index (χ0n) is 10.0. The van der Waals surface area contributed by atoms with Crippen LogP contribution in [0.15, 0.2) is 0 Å². The van der Waals surface area contributed by atoms with Crippen molar-refractivity contribution in [2.24, 2.45) is 16.5 Å². The van der Waals surface area contributed by atoms with Gasteiger partial charge in [-0.2, -0.15) is 0 Å². The fourth-order valence-electron chi connectivity index (χ4n) is 3.30. The summed E-state index contributed by atoms with van der Waals surface area (Å²) in [5.74, 6) is -0.0140. The van der Waals surface area contributed by atoms with Crippen LogP contribution in [-0.4, -0.2) is 26.2 Å². The lowest BCUT2D eigenvalue weighted by Crippen LogP contribution is -2.41. The number of primary sulfonamides is 1. The lowest BCUT2D eigenvalue weighted by atomic mass is 9.66. The number of cyclic esters (lactones) is 1. The summed E-state index contributed by atoms with van der Waals surface area (Å²) in [7, 11) is -3.60. The Bertz CT molecular complexity index is 419. The minimum absolute atomic E-state index is 0.245. The van der Waals surface area contributed by atoms with Crippen molar-refractivity contribution < 1.29 is 17.9 Å². The molecule has 1 spiro atoms. The Labute approximate surface area is 102 Å². The Morgan fingerprint density at radius 1 is 1.53 bits per heavy atom. The molecule has 0 amide bonds. The maximum Gasteiger partial charge on any atom is 0.306 e. The van der Waals surface area contributed by atoms with E-state index in [1.54, 1.807) is 0 Å². The summed E-state index contributed by atoms with van der Waals surface area (Å²) in [5.41, 5.74) is -0.290. The van der Waals surface area contributed by atoms with Crippen LogP contribution in [0.25, 0.3) is 0 Å². The molecule has 1 saturated heterocycles. The molecular weight excluding hydrogens is 242 g/mol. The summed E-state index contributed by atoms with van der Waals surface area (Å²) in [5, 5.41) is 5.07. The topological polar surface area (TPSA) is 86.5 Å². The predicted octanol–water partition coefficient (Wildman–Crippen LogP) is 0.787. The average Bonchev–Trinajstić information content (AvgIpc) is 2.39. The molecule has 0 aromatic carbocycles. The van der Waals surface area contributed by atoms with Gasteiger partial charge in [-0.25, -0.2) is 13.6 Å². The van der Waals surface area contributed by atoms with Crippen LogP contribution in [0.5, 0.6) is 0 Å². The van der Waals surface area contributed by atoms with Gasteiger partial charge in [-0.1, -0.05) is 19.8 Å². The standard InChI is InChI=1S/C11H19NO4S/c1-8-3-2-4-11(5-8)6-10(13)16-9(11)7-17(12,14)15/h8-9H,2-7H2,1H3,(H2,12,14,15). The fraction of sp³-hybridized carbons (Fsp3) is 0.909. The molecule has 98 valence electrons. The molecule has 0 aromatic rings. The van der Waals surface area contributed by atoms with E-state index in [0.717, 1.165) is 25.7 Å². The third kappa shape index (κ3) is 2.80. The van der Waals surface area contributed by atoms with Gasteiger partial charge in [-0.15, -0.1) is 0 Å². The lowest BCUT2D eigenvalue weighted by Gasteiger charge is -2.38. The van der Waals surface area contributed by atoms with Gasteiger partial charge in [0.1, 0.15) is 11.9 Å². The summed E-state index contributed by atoms with van der Waals surface area (Å²) < 4.78 is 27.6. The second-order valence-corrected chi connectivity index (χ2v) is 7.21. The summed E-state index contributed by atoms with van der Waals surface area (Å²) in [6.07, 6.45) is 3.68. The van der Waals surface area contributed by atoms with E-state index in [1.807, 2.05) is 0 Å². The second kappa shape index (κ2) is 4.24. The van der Waals surface area contributed by atoms with Crippen LogP contribution in [0.4, 0.5) is 0 Å². The Hall–Kier alpha value is -0.620. The van der Waals surface area contributed by atoms with E-state index in [1.165, 1.54) is 0 Å². The van der Waals surface area contributed by atoms with Gasteiger partial charge in [-0.05, 0) is 18.8 Å². The van der Waals surface area contributed by atoms with Crippen LogP contribution in [0.3, 0.4) is 0 Å². The van der Waals surface area contributed by atoms with Crippen molar-refractivity contribution in [3.05, 3.63) is 0 Å². The smallest absolute Gasteiger partial charge is 0.306 e. The van der Waals surface area contributed by atoms with Gasteiger partial charge in [-0.3, -0.25) is 4.79 Å². The highest BCUT2D eigenvalue weighted by atomic mass is 32.2. The van der Waals surface area contributed by atoms with Crippen molar-refractivity contribution >= 4 is 16.0 Å².